The van der Waals surface area contributed by atoms with E-state index in [1.165, 1.54) is 0 Å². The number of nitrogens with two attached hydrogens (primary N) is 1. The standard InChI is InChI=1S/C13H23N3/c1-5-13(6-2,7-3)16-12-9-8-11(14)10(4)15-12/h8-9H,5-7,14H2,1-4H3,(H,15,16). The van der Waals surface area contributed by atoms with Gasteiger partial charge in [-0.1, -0.05) is 20.8 Å². The molecule has 3 N–H and O–H groups in total. The molecular weight excluding hydrogens is 198 g/mol. The van der Waals surface area contributed by atoms with Gasteiger partial charge in [0, 0.05) is 5.54 Å². The normalized spacial score (nSPS) is 11.5. The molecule has 0 saturated heterocycles. The predicted molar refractivity (Wildman–Crippen MR) is 70.6 cm³/mol. The third kappa shape index (κ3) is 2.65. The van der Waals surface area contributed by atoms with E-state index in [0.717, 1.165) is 36.5 Å². The van der Waals surface area contributed by atoms with Gasteiger partial charge in [0.15, 0.2) is 0 Å². The van der Waals surface area contributed by atoms with E-state index < -0.39 is 0 Å². The van der Waals surface area contributed by atoms with Crippen LogP contribution in [-0.2, 0) is 0 Å². The lowest BCUT2D eigenvalue weighted by Crippen LogP contribution is -2.36. The fraction of sp³-hybridized carbons (Fsp3) is 0.615. The van der Waals surface area contributed by atoms with Crippen molar-refractivity contribution in [3.63, 3.8) is 0 Å². The van der Waals surface area contributed by atoms with Crippen LogP contribution in [0.25, 0.3) is 0 Å². The van der Waals surface area contributed by atoms with Crippen LogP contribution in [0.2, 0.25) is 0 Å². The summed E-state index contributed by atoms with van der Waals surface area (Å²) in [7, 11) is 0. The maximum atomic E-state index is 5.76. The van der Waals surface area contributed by atoms with Gasteiger partial charge in [-0.2, -0.15) is 0 Å². The Bertz CT molecular complexity index is 335. The van der Waals surface area contributed by atoms with Crippen molar-refractivity contribution in [3.05, 3.63) is 17.8 Å². The quantitative estimate of drug-likeness (QED) is 0.801. The summed E-state index contributed by atoms with van der Waals surface area (Å²) in [5.41, 5.74) is 7.56. The number of pyridine rings is 1. The minimum absolute atomic E-state index is 0.162. The molecule has 0 fully saturated rings. The van der Waals surface area contributed by atoms with Crippen molar-refractivity contribution in [1.82, 2.24) is 4.98 Å². The highest BCUT2D eigenvalue weighted by molar-refractivity contribution is 5.50. The highest BCUT2D eigenvalue weighted by Gasteiger charge is 2.23. The molecule has 1 rings (SSSR count). The van der Waals surface area contributed by atoms with Gasteiger partial charge in [0.25, 0.3) is 0 Å². The molecule has 0 aromatic carbocycles. The molecule has 0 aliphatic rings. The zero-order valence-electron chi connectivity index (χ0n) is 10.8. The van der Waals surface area contributed by atoms with E-state index in [2.05, 4.69) is 31.1 Å². The molecule has 1 aromatic heterocycles. The van der Waals surface area contributed by atoms with Crippen molar-refractivity contribution in [2.75, 3.05) is 11.1 Å². The Hall–Kier alpha value is -1.25. The predicted octanol–water partition coefficient (Wildman–Crippen LogP) is 3.35. The van der Waals surface area contributed by atoms with E-state index in [9.17, 15) is 0 Å². The Morgan fingerprint density at radius 1 is 1.19 bits per heavy atom. The molecule has 90 valence electrons. The Balaban J connectivity index is 2.89. The molecule has 0 atom stereocenters. The lowest BCUT2D eigenvalue weighted by molar-refractivity contribution is 0.419. The molecule has 3 nitrogen and oxygen atoms in total. The van der Waals surface area contributed by atoms with Gasteiger partial charge < -0.3 is 11.1 Å². The average Bonchev–Trinajstić information content (AvgIpc) is 2.31. The Labute approximate surface area is 98.5 Å². The van der Waals surface area contributed by atoms with Crippen LogP contribution < -0.4 is 11.1 Å². The summed E-state index contributed by atoms with van der Waals surface area (Å²) in [6.07, 6.45) is 3.31. The first-order valence-electron chi connectivity index (χ1n) is 6.08. The van der Waals surface area contributed by atoms with Crippen LogP contribution >= 0.6 is 0 Å². The molecule has 1 aromatic rings. The molecular formula is C13H23N3. The number of aryl methyl sites for hydroxylation is 1. The molecule has 0 bridgehead atoms. The van der Waals surface area contributed by atoms with Gasteiger partial charge in [-0.3, -0.25) is 0 Å². The maximum absolute atomic E-state index is 5.76. The lowest BCUT2D eigenvalue weighted by atomic mass is 9.90. The highest BCUT2D eigenvalue weighted by Crippen LogP contribution is 2.25. The number of nitrogens with one attached hydrogen (secondary N) is 1. The van der Waals surface area contributed by atoms with Crippen LogP contribution in [0.15, 0.2) is 12.1 Å². The van der Waals surface area contributed by atoms with Crippen molar-refractivity contribution >= 4 is 11.5 Å². The number of nitrogen functional groups attached to an aromatic ring is 1. The van der Waals surface area contributed by atoms with Gasteiger partial charge in [0.05, 0.1) is 11.4 Å². The first kappa shape index (κ1) is 12.8. The number of hydrogen-bond donors (Lipinski definition) is 2. The molecule has 0 unspecified atom stereocenters. The zero-order valence-corrected chi connectivity index (χ0v) is 10.8. The van der Waals surface area contributed by atoms with E-state index in [1.54, 1.807) is 0 Å². The van der Waals surface area contributed by atoms with Crippen LogP contribution in [0.1, 0.15) is 45.7 Å². The highest BCUT2D eigenvalue weighted by atomic mass is 15.1. The maximum Gasteiger partial charge on any atom is 0.126 e. The average molecular weight is 221 g/mol. The molecule has 0 amide bonds. The van der Waals surface area contributed by atoms with Gasteiger partial charge in [-0.25, -0.2) is 4.98 Å². The monoisotopic (exact) mass is 221 g/mol. The summed E-state index contributed by atoms with van der Waals surface area (Å²) in [6.45, 7) is 8.57. The Morgan fingerprint density at radius 3 is 2.19 bits per heavy atom. The summed E-state index contributed by atoms with van der Waals surface area (Å²) in [4.78, 5) is 4.47. The summed E-state index contributed by atoms with van der Waals surface area (Å²) < 4.78 is 0. The molecule has 0 spiro atoms. The Morgan fingerprint density at radius 2 is 1.75 bits per heavy atom. The van der Waals surface area contributed by atoms with E-state index in [-0.39, 0.29) is 5.54 Å². The van der Waals surface area contributed by atoms with Gasteiger partial charge in [-0.15, -0.1) is 0 Å². The fourth-order valence-electron chi connectivity index (χ4n) is 1.93. The molecule has 3 heteroatoms. The number of hydrogen-bond acceptors (Lipinski definition) is 3. The topological polar surface area (TPSA) is 50.9 Å². The van der Waals surface area contributed by atoms with Gasteiger partial charge in [0.1, 0.15) is 5.82 Å². The van der Waals surface area contributed by atoms with Crippen LogP contribution in [0, 0.1) is 6.92 Å². The first-order chi connectivity index (χ1) is 7.56. The number of nitrogens with zero attached hydrogens (tertiary/aromatic N) is 1. The molecule has 0 saturated carbocycles. The van der Waals surface area contributed by atoms with Crippen LogP contribution in [0.3, 0.4) is 0 Å². The first-order valence-corrected chi connectivity index (χ1v) is 6.08. The number of aromatic nitrogens is 1. The van der Waals surface area contributed by atoms with Crippen molar-refractivity contribution in [3.8, 4) is 0 Å². The summed E-state index contributed by atoms with van der Waals surface area (Å²) >= 11 is 0. The van der Waals surface area contributed by atoms with Crippen molar-refractivity contribution in [1.29, 1.82) is 0 Å². The minimum Gasteiger partial charge on any atom is -0.397 e. The van der Waals surface area contributed by atoms with Crippen LogP contribution in [0.4, 0.5) is 11.5 Å². The second-order valence-electron chi connectivity index (χ2n) is 4.34. The van der Waals surface area contributed by atoms with Crippen molar-refractivity contribution in [2.24, 2.45) is 0 Å². The van der Waals surface area contributed by atoms with Crippen molar-refractivity contribution < 1.29 is 0 Å². The number of anilines is 2. The third-order valence-electron chi connectivity index (χ3n) is 3.55. The van der Waals surface area contributed by atoms with Crippen LogP contribution in [0.5, 0.6) is 0 Å². The number of rotatable bonds is 5. The molecule has 16 heavy (non-hydrogen) atoms. The van der Waals surface area contributed by atoms with Gasteiger partial charge in [-0.05, 0) is 38.3 Å². The Kier molecular flexibility index (Phi) is 4.16. The SMILES string of the molecule is CCC(CC)(CC)Nc1ccc(N)c(C)n1. The largest absolute Gasteiger partial charge is 0.397 e. The van der Waals surface area contributed by atoms with Gasteiger partial charge >= 0.3 is 0 Å². The van der Waals surface area contributed by atoms with E-state index in [0.29, 0.717) is 0 Å². The lowest BCUT2D eigenvalue weighted by Gasteiger charge is -2.32. The minimum atomic E-state index is 0.162. The summed E-state index contributed by atoms with van der Waals surface area (Å²) in [5.74, 6) is 0.928. The summed E-state index contributed by atoms with van der Waals surface area (Å²) in [5, 5.41) is 3.54. The van der Waals surface area contributed by atoms with Crippen LogP contribution in [-0.4, -0.2) is 10.5 Å². The van der Waals surface area contributed by atoms with Gasteiger partial charge in [0.2, 0.25) is 0 Å². The second kappa shape index (κ2) is 5.19. The molecule has 0 radical (unpaired) electrons. The molecule has 0 aliphatic heterocycles. The molecule has 0 aliphatic carbocycles. The molecule has 1 heterocycles. The van der Waals surface area contributed by atoms with E-state index >= 15 is 0 Å². The third-order valence-corrected chi connectivity index (χ3v) is 3.55. The second-order valence-corrected chi connectivity index (χ2v) is 4.34. The van der Waals surface area contributed by atoms with Crippen molar-refractivity contribution in [2.45, 2.75) is 52.5 Å². The van der Waals surface area contributed by atoms with E-state index in [1.807, 2.05) is 19.1 Å². The summed E-state index contributed by atoms with van der Waals surface area (Å²) in [6, 6.07) is 3.87. The zero-order chi connectivity index (χ0) is 12.2. The van der Waals surface area contributed by atoms with E-state index in [4.69, 9.17) is 5.73 Å². The fourth-order valence-corrected chi connectivity index (χ4v) is 1.93. The smallest absolute Gasteiger partial charge is 0.126 e.